The van der Waals surface area contributed by atoms with E-state index in [2.05, 4.69) is 21.2 Å². The smallest absolute Gasteiger partial charge is 0.0524 e. The molecule has 1 aromatic carbocycles. The summed E-state index contributed by atoms with van der Waals surface area (Å²) in [7, 11) is 0. The molecule has 1 atom stereocenters. The Morgan fingerprint density at radius 3 is 2.93 bits per heavy atom. The Kier molecular flexibility index (Phi) is 5.61. The summed E-state index contributed by atoms with van der Waals surface area (Å²) in [5.74, 6) is 0. The molecule has 0 aromatic heterocycles. The monoisotopic (exact) mass is 291 g/mol. The van der Waals surface area contributed by atoms with Crippen LogP contribution in [0.4, 0.5) is 0 Å². The van der Waals surface area contributed by atoms with Gasteiger partial charge in [-0.3, -0.25) is 0 Å². The van der Waals surface area contributed by atoms with Gasteiger partial charge in [-0.05, 0) is 43.7 Å². The molecule has 0 saturated carbocycles. The molecule has 84 valence electrons. The Balaban J connectivity index is 2.40. The maximum absolute atomic E-state index is 9.08. The maximum Gasteiger partial charge on any atom is 0.0524 e. The molecule has 0 aliphatic rings. The van der Waals surface area contributed by atoms with E-state index in [9.17, 15) is 0 Å². The minimum atomic E-state index is -0.250. The number of hydrogen-bond donors (Lipinski definition) is 2. The highest BCUT2D eigenvalue weighted by Crippen LogP contribution is 2.20. The molecule has 2 N–H and O–H groups in total. The van der Waals surface area contributed by atoms with Gasteiger partial charge in [0.15, 0.2) is 0 Å². The number of nitrogens with one attached hydrogen (secondary N) is 1. The van der Waals surface area contributed by atoms with Gasteiger partial charge in [0.25, 0.3) is 0 Å². The zero-order valence-corrected chi connectivity index (χ0v) is 11.0. The summed E-state index contributed by atoms with van der Waals surface area (Å²) >= 11 is 9.35. The van der Waals surface area contributed by atoms with Crippen molar-refractivity contribution >= 4 is 27.5 Å². The lowest BCUT2D eigenvalue weighted by Gasteiger charge is -2.08. The Morgan fingerprint density at radius 2 is 2.27 bits per heavy atom. The van der Waals surface area contributed by atoms with Crippen LogP contribution in [0.25, 0.3) is 0 Å². The van der Waals surface area contributed by atoms with Crippen LogP contribution < -0.4 is 5.32 Å². The summed E-state index contributed by atoms with van der Waals surface area (Å²) in [6.07, 6.45) is 0.512. The van der Waals surface area contributed by atoms with Gasteiger partial charge in [-0.15, -0.1) is 0 Å². The summed E-state index contributed by atoms with van der Waals surface area (Å²) in [6.45, 7) is 3.35. The standard InChI is InChI=1S/C11H15BrClNO/c1-8(15)4-5-14-7-9-6-10(13)2-3-11(9)12/h2-3,6,8,14-15H,4-5,7H2,1H3/t8-/m0/s1. The first-order valence-electron chi connectivity index (χ1n) is 4.92. The van der Waals surface area contributed by atoms with Gasteiger partial charge in [0.2, 0.25) is 0 Å². The van der Waals surface area contributed by atoms with Crippen molar-refractivity contribution in [3.63, 3.8) is 0 Å². The summed E-state index contributed by atoms with van der Waals surface area (Å²) in [5, 5.41) is 13.1. The van der Waals surface area contributed by atoms with Crippen LogP contribution in [0, 0.1) is 0 Å². The molecule has 0 aliphatic carbocycles. The van der Waals surface area contributed by atoms with Crippen molar-refractivity contribution in [3.05, 3.63) is 33.3 Å². The van der Waals surface area contributed by atoms with Crippen LogP contribution in [0.5, 0.6) is 0 Å². The number of benzene rings is 1. The zero-order chi connectivity index (χ0) is 11.3. The highest BCUT2D eigenvalue weighted by molar-refractivity contribution is 9.10. The predicted octanol–water partition coefficient (Wildman–Crippen LogP) is 2.96. The predicted molar refractivity (Wildman–Crippen MR) is 67.2 cm³/mol. The van der Waals surface area contributed by atoms with E-state index in [1.54, 1.807) is 6.92 Å². The number of rotatable bonds is 5. The molecule has 15 heavy (non-hydrogen) atoms. The van der Waals surface area contributed by atoms with Crippen molar-refractivity contribution in [3.8, 4) is 0 Å². The van der Waals surface area contributed by atoms with Gasteiger partial charge < -0.3 is 10.4 Å². The first-order valence-corrected chi connectivity index (χ1v) is 6.09. The lowest BCUT2D eigenvalue weighted by atomic mass is 10.2. The molecule has 0 spiro atoms. The molecule has 4 heteroatoms. The van der Waals surface area contributed by atoms with E-state index in [1.165, 1.54) is 0 Å². The van der Waals surface area contributed by atoms with E-state index in [4.69, 9.17) is 16.7 Å². The van der Waals surface area contributed by atoms with Gasteiger partial charge in [0.1, 0.15) is 0 Å². The average Bonchev–Trinajstić information content (AvgIpc) is 2.17. The van der Waals surface area contributed by atoms with Gasteiger partial charge in [-0.2, -0.15) is 0 Å². The van der Waals surface area contributed by atoms with Crippen molar-refractivity contribution in [2.75, 3.05) is 6.54 Å². The highest BCUT2D eigenvalue weighted by atomic mass is 79.9. The van der Waals surface area contributed by atoms with Crippen molar-refractivity contribution in [1.82, 2.24) is 5.32 Å². The van der Waals surface area contributed by atoms with Gasteiger partial charge in [0, 0.05) is 16.0 Å². The molecule has 2 nitrogen and oxygen atoms in total. The van der Waals surface area contributed by atoms with Crippen molar-refractivity contribution in [2.24, 2.45) is 0 Å². The van der Waals surface area contributed by atoms with Gasteiger partial charge >= 0.3 is 0 Å². The molecule has 1 rings (SSSR count). The van der Waals surface area contributed by atoms with Crippen molar-refractivity contribution in [1.29, 1.82) is 0 Å². The van der Waals surface area contributed by atoms with Gasteiger partial charge in [-0.25, -0.2) is 0 Å². The molecule has 0 heterocycles. The number of aliphatic hydroxyl groups excluding tert-OH is 1. The van der Waals surface area contributed by atoms with Crippen LogP contribution in [0.2, 0.25) is 5.02 Å². The third-order valence-corrected chi connectivity index (χ3v) is 3.07. The minimum absolute atomic E-state index is 0.250. The van der Waals surface area contributed by atoms with Gasteiger partial charge in [-0.1, -0.05) is 27.5 Å². The van der Waals surface area contributed by atoms with E-state index in [0.717, 1.165) is 34.6 Å². The third-order valence-electron chi connectivity index (χ3n) is 2.06. The second-order valence-electron chi connectivity index (χ2n) is 3.55. The third kappa shape index (κ3) is 4.98. The van der Waals surface area contributed by atoms with E-state index < -0.39 is 0 Å². The molecule has 0 amide bonds. The molecule has 0 radical (unpaired) electrons. The lowest BCUT2D eigenvalue weighted by Crippen LogP contribution is -2.18. The summed E-state index contributed by atoms with van der Waals surface area (Å²) < 4.78 is 1.05. The van der Waals surface area contributed by atoms with E-state index in [0.29, 0.717) is 0 Å². The second-order valence-corrected chi connectivity index (χ2v) is 4.84. The molecule has 0 fully saturated rings. The quantitative estimate of drug-likeness (QED) is 0.818. The fourth-order valence-corrected chi connectivity index (χ4v) is 1.79. The van der Waals surface area contributed by atoms with Crippen molar-refractivity contribution < 1.29 is 5.11 Å². The largest absolute Gasteiger partial charge is 0.393 e. The molecule has 0 bridgehead atoms. The Labute approximate surface area is 104 Å². The average molecular weight is 293 g/mol. The highest BCUT2D eigenvalue weighted by Gasteiger charge is 2.01. The molecular weight excluding hydrogens is 277 g/mol. The Morgan fingerprint density at radius 1 is 1.53 bits per heavy atom. The first kappa shape index (κ1) is 13.0. The van der Waals surface area contributed by atoms with Crippen LogP contribution in [-0.2, 0) is 6.54 Å². The normalized spacial score (nSPS) is 12.8. The van der Waals surface area contributed by atoms with Crippen LogP contribution in [0.1, 0.15) is 18.9 Å². The SMILES string of the molecule is C[C@H](O)CCNCc1cc(Cl)ccc1Br. The summed E-state index contributed by atoms with van der Waals surface area (Å²) in [5.41, 5.74) is 1.13. The maximum atomic E-state index is 9.08. The Hall–Kier alpha value is -0.0900. The number of halogens is 2. The summed E-state index contributed by atoms with van der Waals surface area (Å²) in [4.78, 5) is 0. The number of aliphatic hydroxyl groups is 1. The molecule has 0 unspecified atom stereocenters. The fourth-order valence-electron chi connectivity index (χ4n) is 1.21. The number of hydrogen-bond acceptors (Lipinski definition) is 2. The van der Waals surface area contributed by atoms with E-state index in [-0.39, 0.29) is 6.10 Å². The molecule has 1 aromatic rings. The molecule has 0 aliphatic heterocycles. The van der Waals surface area contributed by atoms with Crippen LogP contribution in [0.15, 0.2) is 22.7 Å². The lowest BCUT2D eigenvalue weighted by molar-refractivity contribution is 0.183. The Bertz CT molecular complexity index is 317. The fraction of sp³-hybridized carbons (Fsp3) is 0.455. The minimum Gasteiger partial charge on any atom is -0.393 e. The van der Waals surface area contributed by atoms with Gasteiger partial charge in [0.05, 0.1) is 6.10 Å². The second kappa shape index (κ2) is 6.48. The first-order chi connectivity index (χ1) is 7.09. The van der Waals surface area contributed by atoms with E-state index in [1.807, 2.05) is 18.2 Å². The van der Waals surface area contributed by atoms with Crippen LogP contribution in [-0.4, -0.2) is 17.8 Å². The summed E-state index contributed by atoms with van der Waals surface area (Å²) in [6, 6.07) is 5.72. The van der Waals surface area contributed by atoms with Crippen molar-refractivity contribution in [2.45, 2.75) is 26.0 Å². The zero-order valence-electron chi connectivity index (χ0n) is 8.63. The van der Waals surface area contributed by atoms with E-state index >= 15 is 0 Å². The molecular formula is C11H15BrClNO. The van der Waals surface area contributed by atoms with Crippen LogP contribution >= 0.6 is 27.5 Å². The molecule has 0 saturated heterocycles. The van der Waals surface area contributed by atoms with Crippen LogP contribution in [0.3, 0.4) is 0 Å². The topological polar surface area (TPSA) is 32.3 Å².